The molecule has 1 saturated heterocycles. The van der Waals surface area contributed by atoms with Gasteiger partial charge in [0.1, 0.15) is 0 Å². The van der Waals surface area contributed by atoms with Gasteiger partial charge in [-0.05, 0) is 25.3 Å². The summed E-state index contributed by atoms with van der Waals surface area (Å²) >= 11 is 0. The molecular formula is C12H26N2O. The number of piperidine rings is 1. The number of hydrogen-bond donors (Lipinski definition) is 2. The predicted octanol–water partition coefficient (Wildman–Crippen LogP) is 1.08. The zero-order chi connectivity index (χ0) is 11.1. The zero-order valence-electron chi connectivity index (χ0n) is 10.2. The molecule has 2 atom stereocenters. The van der Waals surface area contributed by atoms with Crippen molar-refractivity contribution in [1.29, 1.82) is 0 Å². The molecule has 1 fully saturated rings. The van der Waals surface area contributed by atoms with Crippen molar-refractivity contribution >= 4 is 0 Å². The molecule has 2 N–H and O–H groups in total. The molecule has 1 aliphatic rings. The summed E-state index contributed by atoms with van der Waals surface area (Å²) < 4.78 is 0. The molecule has 0 bridgehead atoms. The summed E-state index contributed by atoms with van der Waals surface area (Å²) in [5.41, 5.74) is 0. The van der Waals surface area contributed by atoms with Crippen LogP contribution in [0.4, 0.5) is 0 Å². The lowest BCUT2D eigenvalue weighted by Crippen LogP contribution is -2.49. The summed E-state index contributed by atoms with van der Waals surface area (Å²) in [6.45, 7) is 9.19. The second-order valence-electron chi connectivity index (χ2n) is 4.83. The summed E-state index contributed by atoms with van der Waals surface area (Å²) in [4.78, 5) is 2.56. The van der Waals surface area contributed by atoms with E-state index in [0.717, 1.165) is 19.0 Å². The molecule has 0 amide bonds. The smallest absolute Gasteiger partial charge is 0.0556 e. The third-order valence-corrected chi connectivity index (χ3v) is 3.11. The summed E-state index contributed by atoms with van der Waals surface area (Å²) in [7, 11) is 0. The van der Waals surface area contributed by atoms with E-state index in [2.05, 4.69) is 24.1 Å². The van der Waals surface area contributed by atoms with Crippen molar-refractivity contribution in [3.05, 3.63) is 0 Å². The molecular weight excluding hydrogens is 188 g/mol. The summed E-state index contributed by atoms with van der Waals surface area (Å²) in [5.74, 6) is 0.784. The molecule has 0 aromatic heterocycles. The lowest BCUT2D eigenvalue weighted by Gasteiger charge is -2.36. The van der Waals surface area contributed by atoms with Gasteiger partial charge in [-0.3, -0.25) is 0 Å². The minimum atomic E-state index is 0.250. The number of aliphatic hydroxyl groups excluding tert-OH is 1. The summed E-state index contributed by atoms with van der Waals surface area (Å²) in [6.07, 6.45) is 3.84. The Morgan fingerprint density at radius 2 is 2.20 bits per heavy atom. The van der Waals surface area contributed by atoms with Gasteiger partial charge in [0.25, 0.3) is 0 Å². The number of unbranched alkanes of at least 4 members (excludes halogenated alkanes) is 1. The first-order valence-electron chi connectivity index (χ1n) is 6.32. The average Bonchev–Trinajstić information content (AvgIpc) is 2.23. The van der Waals surface area contributed by atoms with Crippen LogP contribution in [0, 0.1) is 5.92 Å². The molecule has 15 heavy (non-hydrogen) atoms. The summed E-state index contributed by atoms with van der Waals surface area (Å²) in [6, 6.07) is 0.581. The van der Waals surface area contributed by atoms with Crippen molar-refractivity contribution in [2.75, 3.05) is 32.8 Å². The van der Waals surface area contributed by atoms with Gasteiger partial charge in [-0.15, -0.1) is 0 Å². The standard InChI is InChI=1S/C12H26N2O/c1-3-4-6-14-9-11(2)8-12(10-14)13-5-7-15/h11-13,15H,3-10H2,1-2H3. The highest BCUT2D eigenvalue weighted by Gasteiger charge is 2.23. The van der Waals surface area contributed by atoms with E-state index in [1.54, 1.807) is 0 Å². The number of nitrogens with one attached hydrogen (secondary N) is 1. The first-order valence-corrected chi connectivity index (χ1v) is 6.32. The SMILES string of the molecule is CCCCN1CC(C)CC(NCCO)C1. The molecule has 3 heteroatoms. The van der Waals surface area contributed by atoms with Crippen molar-refractivity contribution in [2.24, 2.45) is 5.92 Å². The quantitative estimate of drug-likeness (QED) is 0.694. The highest BCUT2D eigenvalue weighted by atomic mass is 16.3. The fourth-order valence-electron chi connectivity index (χ4n) is 2.44. The van der Waals surface area contributed by atoms with Gasteiger partial charge in [-0.2, -0.15) is 0 Å². The van der Waals surface area contributed by atoms with Crippen LogP contribution in [0.15, 0.2) is 0 Å². The second kappa shape index (κ2) is 7.20. The third-order valence-electron chi connectivity index (χ3n) is 3.11. The Bertz CT molecular complexity index is 148. The van der Waals surface area contributed by atoms with Crippen molar-refractivity contribution in [2.45, 2.75) is 39.2 Å². The van der Waals surface area contributed by atoms with Crippen LogP contribution < -0.4 is 5.32 Å². The molecule has 0 spiro atoms. The second-order valence-corrected chi connectivity index (χ2v) is 4.83. The molecule has 0 aromatic rings. The molecule has 3 nitrogen and oxygen atoms in total. The minimum absolute atomic E-state index is 0.250. The Balaban J connectivity index is 2.27. The fraction of sp³-hybridized carbons (Fsp3) is 1.00. The largest absolute Gasteiger partial charge is 0.395 e. The van der Waals surface area contributed by atoms with Crippen LogP contribution in [0.25, 0.3) is 0 Å². The van der Waals surface area contributed by atoms with Crippen molar-refractivity contribution < 1.29 is 5.11 Å². The first kappa shape index (κ1) is 12.9. The van der Waals surface area contributed by atoms with Gasteiger partial charge in [0.2, 0.25) is 0 Å². The van der Waals surface area contributed by atoms with Gasteiger partial charge in [0.05, 0.1) is 6.61 Å². The molecule has 0 aliphatic carbocycles. The summed E-state index contributed by atoms with van der Waals surface area (Å²) in [5, 5.41) is 12.2. The van der Waals surface area contributed by atoms with Gasteiger partial charge in [-0.1, -0.05) is 20.3 Å². The van der Waals surface area contributed by atoms with E-state index in [1.807, 2.05) is 0 Å². The lowest BCUT2D eigenvalue weighted by molar-refractivity contribution is 0.143. The Morgan fingerprint density at radius 1 is 1.40 bits per heavy atom. The Morgan fingerprint density at radius 3 is 2.87 bits per heavy atom. The van der Waals surface area contributed by atoms with E-state index in [4.69, 9.17) is 5.11 Å². The minimum Gasteiger partial charge on any atom is -0.395 e. The maximum Gasteiger partial charge on any atom is 0.0556 e. The number of rotatable bonds is 6. The molecule has 2 unspecified atom stereocenters. The number of likely N-dealkylation sites (tertiary alicyclic amines) is 1. The maximum absolute atomic E-state index is 8.79. The monoisotopic (exact) mass is 214 g/mol. The maximum atomic E-state index is 8.79. The average molecular weight is 214 g/mol. The van der Waals surface area contributed by atoms with Crippen LogP contribution in [-0.2, 0) is 0 Å². The highest BCUT2D eigenvalue weighted by Crippen LogP contribution is 2.16. The van der Waals surface area contributed by atoms with Gasteiger partial charge < -0.3 is 15.3 Å². The van der Waals surface area contributed by atoms with Crippen LogP contribution >= 0.6 is 0 Å². The number of nitrogens with zero attached hydrogens (tertiary/aromatic N) is 1. The molecule has 0 radical (unpaired) electrons. The normalized spacial score (nSPS) is 28.2. The Labute approximate surface area is 93.9 Å². The van der Waals surface area contributed by atoms with E-state index in [0.29, 0.717) is 6.04 Å². The third kappa shape index (κ3) is 4.96. The van der Waals surface area contributed by atoms with Crippen LogP contribution in [0.5, 0.6) is 0 Å². The zero-order valence-corrected chi connectivity index (χ0v) is 10.2. The van der Waals surface area contributed by atoms with Crippen molar-refractivity contribution in [3.63, 3.8) is 0 Å². The number of aliphatic hydroxyl groups is 1. The van der Waals surface area contributed by atoms with Crippen LogP contribution in [0.3, 0.4) is 0 Å². The van der Waals surface area contributed by atoms with E-state index >= 15 is 0 Å². The van der Waals surface area contributed by atoms with Gasteiger partial charge in [0, 0.05) is 25.7 Å². The Hall–Kier alpha value is -0.120. The fourth-order valence-corrected chi connectivity index (χ4v) is 2.44. The van der Waals surface area contributed by atoms with Gasteiger partial charge >= 0.3 is 0 Å². The van der Waals surface area contributed by atoms with E-state index in [-0.39, 0.29) is 6.61 Å². The topological polar surface area (TPSA) is 35.5 Å². The highest BCUT2D eigenvalue weighted by molar-refractivity contribution is 4.81. The predicted molar refractivity (Wildman–Crippen MR) is 64.0 cm³/mol. The molecule has 1 rings (SSSR count). The number of hydrogen-bond acceptors (Lipinski definition) is 3. The van der Waals surface area contributed by atoms with Gasteiger partial charge in [0.15, 0.2) is 0 Å². The van der Waals surface area contributed by atoms with Crippen LogP contribution in [0.2, 0.25) is 0 Å². The van der Waals surface area contributed by atoms with Crippen molar-refractivity contribution in [3.8, 4) is 0 Å². The van der Waals surface area contributed by atoms with E-state index < -0.39 is 0 Å². The van der Waals surface area contributed by atoms with Crippen LogP contribution in [-0.4, -0.2) is 48.8 Å². The first-order chi connectivity index (χ1) is 7.26. The molecule has 1 aliphatic heterocycles. The molecule has 0 aromatic carbocycles. The molecule has 1 heterocycles. The van der Waals surface area contributed by atoms with Crippen molar-refractivity contribution in [1.82, 2.24) is 10.2 Å². The lowest BCUT2D eigenvalue weighted by atomic mass is 9.95. The van der Waals surface area contributed by atoms with Gasteiger partial charge in [-0.25, -0.2) is 0 Å². The Kier molecular flexibility index (Phi) is 6.22. The molecule has 90 valence electrons. The molecule has 0 saturated carbocycles. The van der Waals surface area contributed by atoms with E-state index in [9.17, 15) is 0 Å². The van der Waals surface area contributed by atoms with E-state index in [1.165, 1.54) is 32.4 Å². The van der Waals surface area contributed by atoms with Crippen LogP contribution in [0.1, 0.15) is 33.1 Å².